The first-order chi connectivity index (χ1) is 13.1. The van der Waals surface area contributed by atoms with E-state index in [1.807, 2.05) is 24.3 Å². The Morgan fingerprint density at radius 2 is 2.22 bits per heavy atom. The molecule has 9 heteroatoms. The maximum atomic E-state index is 12.2. The molecule has 0 atom stereocenters. The van der Waals surface area contributed by atoms with Gasteiger partial charge in [-0.15, -0.1) is 0 Å². The fourth-order valence-corrected chi connectivity index (χ4v) is 4.22. The number of thiazole rings is 1. The van der Waals surface area contributed by atoms with E-state index >= 15 is 0 Å². The van der Waals surface area contributed by atoms with Gasteiger partial charge in [0.15, 0.2) is 10.3 Å². The second-order valence-corrected chi connectivity index (χ2v) is 8.61. The number of carbonyl (C=O) groups is 2. The Kier molecular flexibility index (Phi) is 5.29. The van der Waals surface area contributed by atoms with Crippen molar-refractivity contribution < 1.29 is 9.59 Å². The van der Waals surface area contributed by atoms with Crippen LogP contribution in [0.5, 0.6) is 0 Å². The minimum absolute atomic E-state index is 0.0190. The zero-order chi connectivity index (χ0) is 18.8. The molecular weight excluding hydrogens is 404 g/mol. The first-order valence-electron chi connectivity index (χ1n) is 8.34. The van der Waals surface area contributed by atoms with Crippen LogP contribution in [-0.4, -0.2) is 22.0 Å². The first-order valence-corrected chi connectivity index (χ1v) is 10.3. The van der Waals surface area contributed by atoms with Crippen LogP contribution in [0.3, 0.4) is 0 Å². The maximum Gasteiger partial charge on any atom is 0.264 e. The third-order valence-electron chi connectivity index (χ3n) is 3.98. The van der Waals surface area contributed by atoms with Crippen molar-refractivity contribution in [2.45, 2.75) is 19.4 Å². The lowest BCUT2D eigenvalue weighted by Crippen LogP contribution is -2.19. The maximum absolute atomic E-state index is 12.2. The molecular formula is C18H15ClN4O2S2. The third kappa shape index (κ3) is 4.58. The van der Waals surface area contributed by atoms with Gasteiger partial charge in [0, 0.05) is 17.1 Å². The molecule has 2 aromatic rings. The Bertz CT molecular complexity index is 966. The number of amidine groups is 1. The van der Waals surface area contributed by atoms with Crippen LogP contribution in [0.2, 0.25) is 5.02 Å². The van der Waals surface area contributed by atoms with Crippen molar-refractivity contribution in [1.82, 2.24) is 10.3 Å². The monoisotopic (exact) mass is 418 g/mol. The summed E-state index contributed by atoms with van der Waals surface area (Å²) < 4.78 is 0. The largest absolute Gasteiger partial charge is 0.302 e. The van der Waals surface area contributed by atoms with E-state index in [0.717, 1.165) is 23.3 Å². The highest BCUT2D eigenvalue weighted by Crippen LogP contribution is 2.32. The molecule has 1 saturated carbocycles. The number of carbonyl (C=O) groups excluding carboxylic acids is 2. The quantitative estimate of drug-likeness (QED) is 0.721. The summed E-state index contributed by atoms with van der Waals surface area (Å²) >= 11 is 8.74. The summed E-state index contributed by atoms with van der Waals surface area (Å²) in [5.74, 6) is -0.0517. The number of hydrogen-bond acceptors (Lipinski definition) is 6. The minimum Gasteiger partial charge on any atom is -0.302 e. The molecule has 2 fully saturated rings. The van der Waals surface area contributed by atoms with Crippen molar-refractivity contribution in [3.63, 3.8) is 0 Å². The van der Waals surface area contributed by atoms with Gasteiger partial charge in [0.05, 0.1) is 16.3 Å². The predicted octanol–water partition coefficient (Wildman–Crippen LogP) is 3.91. The smallest absolute Gasteiger partial charge is 0.264 e. The number of rotatable bonds is 5. The molecule has 0 bridgehead atoms. The second kappa shape index (κ2) is 7.84. The minimum atomic E-state index is -0.199. The molecule has 1 aliphatic carbocycles. The van der Waals surface area contributed by atoms with Crippen LogP contribution in [0.4, 0.5) is 5.13 Å². The van der Waals surface area contributed by atoms with Gasteiger partial charge in [0.1, 0.15) is 0 Å². The molecule has 27 heavy (non-hydrogen) atoms. The van der Waals surface area contributed by atoms with Gasteiger partial charge in [0.2, 0.25) is 5.91 Å². The standard InChI is InChI=1S/C18H15ClN4O2S2/c19-13-4-2-1-3-11(13)8-20-18-23-16(25)14(27-18)7-12-9-21-17(26-12)22-15(24)10-5-6-10/h1-4,7,9-10H,5-6,8H2,(H,20,23,25)(H,21,22,24)/b14-7-. The summed E-state index contributed by atoms with van der Waals surface area (Å²) in [6, 6.07) is 7.48. The Morgan fingerprint density at radius 1 is 1.41 bits per heavy atom. The summed E-state index contributed by atoms with van der Waals surface area (Å²) in [5.41, 5.74) is 0.900. The van der Waals surface area contributed by atoms with E-state index < -0.39 is 0 Å². The number of halogens is 1. The molecule has 1 aliphatic heterocycles. The summed E-state index contributed by atoms with van der Waals surface area (Å²) in [7, 11) is 0. The molecule has 2 amide bonds. The van der Waals surface area contributed by atoms with E-state index in [9.17, 15) is 9.59 Å². The lowest BCUT2D eigenvalue weighted by molar-refractivity contribution is -0.117. The van der Waals surface area contributed by atoms with E-state index in [2.05, 4.69) is 20.6 Å². The number of nitrogens with one attached hydrogen (secondary N) is 2. The predicted molar refractivity (Wildman–Crippen MR) is 110 cm³/mol. The molecule has 2 heterocycles. The molecule has 0 spiro atoms. The SMILES string of the molecule is O=C1N/C(=N/Cc2ccccc2Cl)S/C1=C\c1cnc(NC(=O)C2CC2)s1. The third-order valence-corrected chi connectivity index (χ3v) is 6.15. The van der Waals surface area contributed by atoms with Crippen molar-refractivity contribution in [1.29, 1.82) is 0 Å². The van der Waals surface area contributed by atoms with Gasteiger partial charge in [-0.25, -0.2) is 4.98 Å². The van der Waals surface area contributed by atoms with Crippen molar-refractivity contribution in [3.8, 4) is 0 Å². The van der Waals surface area contributed by atoms with Crippen LogP contribution in [0.15, 0.2) is 40.4 Å². The molecule has 0 radical (unpaired) electrons. The van der Waals surface area contributed by atoms with E-state index in [4.69, 9.17) is 11.6 Å². The molecule has 1 saturated heterocycles. The molecule has 138 valence electrons. The summed E-state index contributed by atoms with van der Waals surface area (Å²) in [5, 5.41) is 7.30. The van der Waals surface area contributed by atoms with Crippen molar-refractivity contribution in [3.05, 3.63) is 50.8 Å². The first kappa shape index (κ1) is 18.2. The van der Waals surface area contributed by atoms with Crippen molar-refractivity contribution in [2.75, 3.05) is 5.32 Å². The van der Waals surface area contributed by atoms with Crippen LogP contribution in [0, 0.1) is 5.92 Å². The molecule has 1 aromatic heterocycles. The summed E-state index contributed by atoms with van der Waals surface area (Å²) in [4.78, 5) is 33.9. The van der Waals surface area contributed by atoms with E-state index in [1.54, 1.807) is 12.3 Å². The van der Waals surface area contributed by atoms with Crippen molar-refractivity contribution >= 4 is 62.9 Å². The van der Waals surface area contributed by atoms with Gasteiger partial charge < -0.3 is 10.6 Å². The average Bonchev–Trinajstić information content (AvgIpc) is 3.33. The number of anilines is 1. The average molecular weight is 419 g/mol. The fourth-order valence-electron chi connectivity index (χ4n) is 2.38. The number of amides is 2. The van der Waals surface area contributed by atoms with Crippen LogP contribution in [0.25, 0.3) is 6.08 Å². The summed E-state index contributed by atoms with van der Waals surface area (Å²) in [6.45, 7) is 0.396. The normalized spacial score (nSPS) is 19.5. The highest BCUT2D eigenvalue weighted by molar-refractivity contribution is 8.18. The van der Waals surface area contributed by atoms with Crippen molar-refractivity contribution in [2.24, 2.45) is 10.9 Å². The second-order valence-electron chi connectivity index (χ2n) is 6.11. The number of hydrogen-bond donors (Lipinski definition) is 2. The highest BCUT2D eigenvalue weighted by atomic mass is 35.5. The van der Waals surface area contributed by atoms with Crippen LogP contribution in [-0.2, 0) is 16.1 Å². The molecule has 2 N–H and O–H groups in total. The lowest BCUT2D eigenvalue weighted by Gasteiger charge is -2.00. The van der Waals surface area contributed by atoms with Gasteiger partial charge in [-0.3, -0.25) is 14.6 Å². The van der Waals surface area contributed by atoms with Gasteiger partial charge >= 0.3 is 0 Å². The van der Waals surface area contributed by atoms with Crippen LogP contribution >= 0.6 is 34.7 Å². The van der Waals surface area contributed by atoms with Gasteiger partial charge in [-0.2, -0.15) is 0 Å². The summed E-state index contributed by atoms with van der Waals surface area (Å²) in [6.07, 6.45) is 5.29. The van der Waals surface area contributed by atoms with Gasteiger partial charge in [-0.05, 0) is 42.3 Å². The lowest BCUT2D eigenvalue weighted by atomic mass is 10.2. The fraction of sp³-hybridized carbons (Fsp3) is 0.222. The van der Waals surface area contributed by atoms with Crippen LogP contribution < -0.4 is 10.6 Å². The Hall–Kier alpha value is -2.16. The van der Waals surface area contributed by atoms with E-state index in [0.29, 0.717) is 26.8 Å². The number of benzene rings is 1. The molecule has 0 unspecified atom stereocenters. The number of nitrogens with zero attached hydrogens (tertiary/aromatic N) is 2. The number of thioether (sulfide) groups is 1. The van der Waals surface area contributed by atoms with Gasteiger partial charge in [-0.1, -0.05) is 41.1 Å². The number of aliphatic imine (C=N–C) groups is 1. The number of aromatic nitrogens is 1. The zero-order valence-electron chi connectivity index (χ0n) is 14.1. The van der Waals surface area contributed by atoms with Crippen LogP contribution in [0.1, 0.15) is 23.3 Å². The molecule has 4 rings (SSSR count). The Balaban J connectivity index is 1.41. The highest BCUT2D eigenvalue weighted by Gasteiger charge is 2.30. The zero-order valence-corrected chi connectivity index (χ0v) is 16.5. The van der Waals surface area contributed by atoms with Gasteiger partial charge in [0.25, 0.3) is 5.91 Å². The molecule has 6 nitrogen and oxygen atoms in total. The Morgan fingerprint density at radius 3 is 3.00 bits per heavy atom. The topological polar surface area (TPSA) is 83.4 Å². The van der Waals surface area contributed by atoms with E-state index in [-0.39, 0.29) is 17.7 Å². The Labute approximate surface area is 169 Å². The molecule has 2 aliphatic rings. The van der Waals surface area contributed by atoms with E-state index in [1.165, 1.54) is 23.1 Å². The molecule has 1 aromatic carbocycles.